The second-order valence-electron chi connectivity index (χ2n) is 4.19. The molecular weight excluding hydrogens is 278 g/mol. The minimum atomic E-state index is -1.21. The highest BCUT2D eigenvalue weighted by molar-refractivity contribution is 6.00. The maximum atomic E-state index is 11.8. The third-order valence-electron chi connectivity index (χ3n) is 2.74. The largest absolute Gasteiger partial charge is 0.464 e. The lowest BCUT2D eigenvalue weighted by atomic mass is 10.1. The van der Waals surface area contributed by atoms with Crippen molar-refractivity contribution in [1.82, 2.24) is 4.57 Å². The van der Waals surface area contributed by atoms with Gasteiger partial charge in [0.1, 0.15) is 5.75 Å². The van der Waals surface area contributed by atoms with E-state index in [2.05, 4.69) is 0 Å². The van der Waals surface area contributed by atoms with Crippen LogP contribution in [0.5, 0.6) is 5.75 Å². The number of nitrogens with zero attached hydrogens (tertiary/aromatic N) is 1. The lowest BCUT2D eigenvalue weighted by Crippen LogP contribution is -2.09. The quantitative estimate of drug-likeness (QED) is 0.688. The number of carbonyl (C=O) groups excluding carboxylic acids is 2. The lowest BCUT2D eigenvalue weighted by molar-refractivity contribution is -0.131. The van der Waals surface area contributed by atoms with Crippen LogP contribution in [-0.4, -0.2) is 34.3 Å². The summed E-state index contributed by atoms with van der Waals surface area (Å²) in [7, 11) is 0. The van der Waals surface area contributed by atoms with Crippen LogP contribution >= 0.6 is 0 Å². The Morgan fingerprint density at radius 2 is 2.00 bits per heavy atom. The third kappa shape index (κ3) is 2.86. The van der Waals surface area contributed by atoms with Gasteiger partial charge in [0, 0.05) is 18.5 Å². The van der Waals surface area contributed by atoms with Crippen LogP contribution in [-0.2, 0) is 9.53 Å². The average Bonchev–Trinajstić information content (AvgIpc) is 2.82. The zero-order valence-electron chi connectivity index (χ0n) is 11.5. The van der Waals surface area contributed by atoms with Crippen LogP contribution < -0.4 is 4.74 Å². The van der Waals surface area contributed by atoms with Crippen molar-refractivity contribution in [2.45, 2.75) is 13.8 Å². The van der Waals surface area contributed by atoms with E-state index in [9.17, 15) is 14.4 Å². The normalized spacial score (nSPS) is 10.4. The van der Waals surface area contributed by atoms with E-state index in [0.717, 1.165) is 4.57 Å². The highest BCUT2D eigenvalue weighted by atomic mass is 16.5. The van der Waals surface area contributed by atoms with E-state index >= 15 is 0 Å². The van der Waals surface area contributed by atoms with Gasteiger partial charge in [0.25, 0.3) is 0 Å². The molecule has 0 aliphatic heterocycles. The van der Waals surface area contributed by atoms with Crippen LogP contribution in [0.4, 0.5) is 4.79 Å². The monoisotopic (exact) mass is 291 g/mol. The number of esters is 2. The molecule has 1 N–H and O–H groups in total. The van der Waals surface area contributed by atoms with E-state index < -0.39 is 18.0 Å². The van der Waals surface area contributed by atoms with Gasteiger partial charge in [-0.1, -0.05) is 0 Å². The van der Waals surface area contributed by atoms with E-state index in [1.807, 2.05) is 0 Å². The molecule has 2 rings (SSSR count). The van der Waals surface area contributed by atoms with Crippen molar-refractivity contribution in [3.63, 3.8) is 0 Å². The van der Waals surface area contributed by atoms with Crippen molar-refractivity contribution >= 4 is 28.9 Å². The van der Waals surface area contributed by atoms with Gasteiger partial charge in [-0.15, -0.1) is 0 Å². The molecule has 0 aliphatic rings. The molecule has 7 heteroatoms. The molecular formula is C14H13NO6. The first kappa shape index (κ1) is 14.6. The minimum absolute atomic E-state index is 0.113. The molecule has 0 aliphatic carbocycles. The number of hydrogen-bond acceptors (Lipinski definition) is 5. The summed E-state index contributed by atoms with van der Waals surface area (Å²) in [6.07, 6.45) is 0.106. The summed E-state index contributed by atoms with van der Waals surface area (Å²) in [5, 5.41) is 9.53. The number of ether oxygens (including phenoxy) is 2. The Balaban J connectivity index is 2.66. The van der Waals surface area contributed by atoms with Gasteiger partial charge in [-0.2, -0.15) is 0 Å². The predicted octanol–water partition coefficient (Wildman–Crippen LogP) is 2.27. The fraction of sp³-hybridized carbons (Fsp3) is 0.214. The first-order valence-electron chi connectivity index (χ1n) is 6.18. The average molecular weight is 291 g/mol. The summed E-state index contributed by atoms with van der Waals surface area (Å²) in [5.41, 5.74) is 0.353. The number of fused-ring (bicyclic) bond motifs is 1. The maximum absolute atomic E-state index is 11.8. The summed E-state index contributed by atoms with van der Waals surface area (Å²) in [6, 6.07) is 4.24. The summed E-state index contributed by atoms with van der Waals surface area (Å²) in [4.78, 5) is 34.1. The van der Waals surface area contributed by atoms with Gasteiger partial charge in [0.05, 0.1) is 17.7 Å². The highest BCUT2D eigenvalue weighted by Crippen LogP contribution is 2.29. The molecule has 0 saturated heterocycles. The van der Waals surface area contributed by atoms with Gasteiger partial charge in [-0.25, -0.2) is 9.59 Å². The van der Waals surface area contributed by atoms with Gasteiger partial charge in [0.2, 0.25) is 0 Å². The van der Waals surface area contributed by atoms with Crippen molar-refractivity contribution < 1.29 is 29.0 Å². The fourth-order valence-corrected chi connectivity index (χ4v) is 1.95. The standard InChI is InChI=1S/C14H13NO6/c1-3-20-13(17)9-6-11-10(4-5-15(11)14(18)19)12(7-9)21-8(2)16/h4-7H,3H2,1-2H3,(H,18,19). The molecule has 21 heavy (non-hydrogen) atoms. The van der Waals surface area contributed by atoms with E-state index in [0.29, 0.717) is 5.39 Å². The number of rotatable bonds is 3. The third-order valence-corrected chi connectivity index (χ3v) is 2.74. The van der Waals surface area contributed by atoms with Crippen LogP contribution in [0.1, 0.15) is 24.2 Å². The molecule has 2 aromatic rings. The van der Waals surface area contributed by atoms with Gasteiger partial charge in [-0.3, -0.25) is 9.36 Å². The number of carboxylic acid groups (broad SMARTS) is 1. The van der Waals surface area contributed by atoms with E-state index in [-0.39, 0.29) is 23.4 Å². The number of aromatic nitrogens is 1. The summed E-state index contributed by atoms with van der Waals surface area (Å²) >= 11 is 0. The molecule has 0 radical (unpaired) electrons. The molecule has 0 fully saturated rings. The topological polar surface area (TPSA) is 94.8 Å². The van der Waals surface area contributed by atoms with E-state index in [1.165, 1.54) is 31.3 Å². The number of benzene rings is 1. The molecule has 0 saturated carbocycles. The zero-order chi connectivity index (χ0) is 15.6. The van der Waals surface area contributed by atoms with Crippen LogP contribution in [0.3, 0.4) is 0 Å². The van der Waals surface area contributed by atoms with Crippen LogP contribution in [0.15, 0.2) is 24.4 Å². The van der Waals surface area contributed by atoms with Crippen molar-refractivity contribution in [1.29, 1.82) is 0 Å². The molecule has 1 aromatic heterocycles. The Hall–Kier alpha value is -2.83. The van der Waals surface area contributed by atoms with E-state index in [1.54, 1.807) is 6.92 Å². The van der Waals surface area contributed by atoms with Gasteiger partial charge in [-0.05, 0) is 25.1 Å². The predicted molar refractivity (Wildman–Crippen MR) is 72.6 cm³/mol. The molecule has 110 valence electrons. The first-order chi connectivity index (χ1) is 9.93. The molecule has 0 bridgehead atoms. The Bertz CT molecular complexity index is 730. The van der Waals surface area contributed by atoms with Gasteiger partial charge < -0.3 is 14.6 Å². The second-order valence-corrected chi connectivity index (χ2v) is 4.19. The molecule has 7 nitrogen and oxygen atoms in total. The number of carbonyl (C=O) groups is 3. The van der Waals surface area contributed by atoms with Crippen LogP contribution in [0.25, 0.3) is 10.9 Å². The molecule has 1 heterocycles. The highest BCUT2D eigenvalue weighted by Gasteiger charge is 2.17. The van der Waals surface area contributed by atoms with Crippen LogP contribution in [0.2, 0.25) is 0 Å². The van der Waals surface area contributed by atoms with Crippen molar-refractivity contribution in [2.75, 3.05) is 6.61 Å². The smallest absolute Gasteiger partial charge is 0.416 e. The summed E-state index contributed by atoms with van der Waals surface area (Å²) in [6.45, 7) is 3.06. The Kier molecular flexibility index (Phi) is 3.93. The van der Waals surface area contributed by atoms with Gasteiger partial charge in [0.15, 0.2) is 0 Å². The molecule has 0 unspecified atom stereocenters. The van der Waals surface area contributed by atoms with Crippen molar-refractivity contribution in [3.05, 3.63) is 30.0 Å². The SMILES string of the molecule is CCOC(=O)c1cc(OC(C)=O)c2ccn(C(=O)O)c2c1. The Morgan fingerprint density at radius 3 is 2.57 bits per heavy atom. The van der Waals surface area contributed by atoms with Crippen LogP contribution in [0, 0.1) is 0 Å². The molecule has 0 amide bonds. The molecule has 0 atom stereocenters. The van der Waals surface area contributed by atoms with Crippen molar-refractivity contribution in [2.24, 2.45) is 0 Å². The Labute approximate surface area is 119 Å². The maximum Gasteiger partial charge on any atom is 0.416 e. The summed E-state index contributed by atoms with van der Waals surface area (Å²) < 4.78 is 10.8. The summed E-state index contributed by atoms with van der Waals surface area (Å²) in [5.74, 6) is -1.07. The first-order valence-corrected chi connectivity index (χ1v) is 6.18. The molecule has 1 aromatic carbocycles. The Morgan fingerprint density at radius 1 is 1.29 bits per heavy atom. The lowest BCUT2D eigenvalue weighted by Gasteiger charge is -2.08. The fourth-order valence-electron chi connectivity index (χ4n) is 1.95. The minimum Gasteiger partial charge on any atom is -0.464 e. The number of hydrogen-bond donors (Lipinski definition) is 1. The van der Waals surface area contributed by atoms with E-state index in [4.69, 9.17) is 14.6 Å². The zero-order valence-corrected chi connectivity index (χ0v) is 11.5. The van der Waals surface area contributed by atoms with Crippen molar-refractivity contribution in [3.8, 4) is 5.75 Å². The second kappa shape index (κ2) is 5.66. The van der Waals surface area contributed by atoms with Gasteiger partial charge >= 0.3 is 18.0 Å². The molecule has 0 spiro atoms.